The molecule has 7 fully saturated rings. The average molecular weight is 997 g/mol. The van der Waals surface area contributed by atoms with Crippen LogP contribution < -0.4 is 0 Å². The summed E-state index contributed by atoms with van der Waals surface area (Å²) in [5.74, 6) is 0.803. The van der Waals surface area contributed by atoms with Crippen LogP contribution in [0.3, 0.4) is 0 Å². The molecule has 8 aliphatic rings. The predicted octanol–water partition coefficient (Wildman–Crippen LogP) is 13.7. The third kappa shape index (κ3) is 28.9. The summed E-state index contributed by atoms with van der Waals surface area (Å²) in [5.41, 5.74) is 0. The summed E-state index contributed by atoms with van der Waals surface area (Å²) in [6.07, 6.45) is 32.8. The quantitative estimate of drug-likeness (QED) is 0.132. The molecule has 16 nitrogen and oxygen atoms in total. The van der Waals surface area contributed by atoms with Gasteiger partial charge in [-0.25, -0.2) is 49.8 Å². The number of rotatable bonds is 16. The first kappa shape index (κ1) is 59.2. The van der Waals surface area contributed by atoms with Crippen LogP contribution in [0.1, 0.15) is 135 Å². The Kier molecular flexibility index (Phi) is 37.6. The number of nitrogens with zero attached hydrogens (tertiary/aromatic N) is 16. The molecule has 8 aliphatic heterocycles. The number of piperidine rings is 7. The Balaban J connectivity index is 0.000000284. The fourth-order valence-electron chi connectivity index (χ4n) is 7.87. The van der Waals surface area contributed by atoms with Crippen molar-refractivity contribution in [2.75, 3.05) is 79.0 Å². The maximum Gasteiger partial charge on any atom is 4.00 e. The summed E-state index contributed by atoms with van der Waals surface area (Å²) in [6, 6.07) is 0. The molecule has 0 aromatic rings. The second-order valence-electron chi connectivity index (χ2n) is 16.5. The van der Waals surface area contributed by atoms with Gasteiger partial charge in [0.1, 0.15) is 0 Å². The van der Waals surface area contributed by atoms with Gasteiger partial charge in [0.2, 0.25) is 0 Å². The Morgan fingerprint density at radius 2 is 0.619 bits per heavy atom. The third-order valence-electron chi connectivity index (χ3n) is 11.5. The second kappa shape index (κ2) is 40.0. The molecule has 0 spiro atoms. The summed E-state index contributed by atoms with van der Waals surface area (Å²) >= 11 is 0. The number of hydrogen-bond acceptors (Lipinski definition) is 0. The summed E-state index contributed by atoms with van der Waals surface area (Å²) in [5, 5.41) is 71.0. The smallest absolute Gasteiger partial charge is 0.721 e. The van der Waals surface area contributed by atoms with Gasteiger partial charge < -0.3 is 85.1 Å². The Morgan fingerprint density at radius 1 is 0.365 bits per heavy atom. The molecular formula is C44H76Fe3N16-12. The second-order valence-corrected chi connectivity index (χ2v) is 16.5. The zero-order valence-electron chi connectivity index (χ0n) is 37.8. The zero-order valence-corrected chi connectivity index (χ0v) is 41.1. The van der Waals surface area contributed by atoms with Crippen molar-refractivity contribution in [1.82, 2.24) is 0 Å². The van der Waals surface area contributed by atoms with E-state index in [1.165, 1.54) is 89.9 Å². The molecule has 0 N–H and O–H groups in total. The normalized spacial score (nSPS) is 29.5. The third-order valence-corrected chi connectivity index (χ3v) is 11.5. The molecule has 0 aromatic heterocycles. The summed E-state index contributed by atoms with van der Waals surface area (Å²) in [4.78, 5) is 0. The first-order chi connectivity index (χ1) is 29.8. The Morgan fingerprint density at radius 3 is 0.825 bits per heavy atom. The van der Waals surface area contributed by atoms with Gasteiger partial charge in [0.05, 0.1) is 0 Å². The van der Waals surface area contributed by atoms with Crippen LogP contribution in [-0.2, 0) is 51.2 Å². The molecule has 0 aliphatic carbocycles. The van der Waals surface area contributed by atoms with Crippen molar-refractivity contribution < 1.29 is 51.2 Å². The van der Waals surface area contributed by atoms with E-state index in [1.807, 2.05) is 18.2 Å². The Bertz CT molecular complexity index is 930. The molecule has 0 aromatic carbocycles. The van der Waals surface area contributed by atoms with Gasteiger partial charge >= 0.3 is 17.1 Å². The van der Waals surface area contributed by atoms with E-state index >= 15 is 0 Å². The van der Waals surface area contributed by atoms with Gasteiger partial charge in [0, 0.05) is 34.1 Å². The summed E-state index contributed by atoms with van der Waals surface area (Å²) < 4.78 is 0. The minimum atomic E-state index is 0. The number of allylic oxidation sites excluding steroid dienone is 2. The minimum absolute atomic E-state index is 0. The van der Waals surface area contributed by atoms with E-state index in [9.17, 15) is 0 Å². The molecule has 7 unspecified atom stereocenters. The monoisotopic (exact) mass is 996 g/mol. The van der Waals surface area contributed by atoms with E-state index in [-0.39, 0.29) is 94.4 Å². The first-order valence-electron chi connectivity index (χ1n) is 23.8. The Hall–Kier alpha value is 0.0784. The maximum atomic E-state index is 4.48. The fourth-order valence-corrected chi connectivity index (χ4v) is 7.87. The largest absolute Gasteiger partial charge is 4.00 e. The molecule has 0 saturated carbocycles. The number of hydrogen-bond donors (Lipinski definition) is 0. The van der Waals surface area contributed by atoms with Gasteiger partial charge in [-0.2, -0.15) is 0 Å². The molecule has 7 saturated heterocycles. The summed E-state index contributed by atoms with van der Waals surface area (Å²) in [7, 11) is 0. The van der Waals surface area contributed by atoms with Crippen molar-refractivity contribution in [1.29, 1.82) is 0 Å². The first-order valence-corrected chi connectivity index (χ1v) is 23.8. The van der Waals surface area contributed by atoms with Crippen molar-refractivity contribution in [3.8, 4) is 0 Å². The molecule has 63 heavy (non-hydrogen) atoms. The fraction of sp³-hybridized carbons (Fsp3) is 0.909. The van der Waals surface area contributed by atoms with Crippen LogP contribution in [0.4, 0.5) is 0 Å². The van der Waals surface area contributed by atoms with E-state index < -0.39 is 0 Å². The average Bonchev–Trinajstić information content (AvgIpc) is 3.33. The van der Waals surface area contributed by atoms with E-state index in [0.717, 1.165) is 103 Å². The SMILES string of the molecule is C1=CC[N-]C([N-]C[N-]C2CCCC[N-]2)=C1.C1CCC([N-]C[N-]C2CCCC[N-]2)[N-]C1.C1CCC([N-]C[N-]C2CCCC[N-]2)[N-]C1.C1CCC([N-]C[N-]C2CCCC[N-]2)[N-]C1.[Fe+4].[Fe].[Fe]. The van der Waals surface area contributed by atoms with E-state index in [4.69, 9.17) is 0 Å². The minimum Gasteiger partial charge on any atom is -0.721 e. The molecule has 8 rings (SSSR count). The standard InChI is InChI=1S/3C11H20N4.C11H16N4.3Fe/c4*1-3-7-12-10(5-1)14-9-15-11-6-2-4-8-13-11;;;/h3*10-11H,1-9H2;1,3,5,11H,2,4,6-9H2;;;/q4*-4;;;+4. The van der Waals surface area contributed by atoms with Crippen LogP contribution in [-0.4, -0.2) is 122 Å². The molecule has 0 amide bonds. The molecule has 8 heterocycles. The van der Waals surface area contributed by atoms with Gasteiger partial charge in [-0.1, -0.05) is 147 Å². The van der Waals surface area contributed by atoms with Crippen molar-refractivity contribution in [2.45, 2.75) is 178 Å². The van der Waals surface area contributed by atoms with Crippen molar-refractivity contribution in [3.63, 3.8) is 0 Å². The van der Waals surface area contributed by atoms with Gasteiger partial charge in [-0.15, -0.1) is 58.4 Å². The van der Waals surface area contributed by atoms with Crippen molar-refractivity contribution >= 4 is 0 Å². The molecule has 7 atom stereocenters. The van der Waals surface area contributed by atoms with Crippen molar-refractivity contribution in [3.05, 3.63) is 109 Å². The molecular weight excluding hydrogens is 920 g/mol. The predicted molar refractivity (Wildman–Crippen MR) is 253 cm³/mol. The van der Waals surface area contributed by atoms with Gasteiger partial charge in [0.15, 0.2) is 0 Å². The van der Waals surface area contributed by atoms with Gasteiger partial charge in [-0.05, 0) is 0 Å². The Labute approximate surface area is 415 Å². The molecule has 0 bridgehead atoms. The molecule has 19 heteroatoms. The van der Waals surface area contributed by atoms with E-state index in [0.29, 0.717) is 26.7 Å². The van der Waals surface area contributed by atoms with Crippen LogP contribution in [0.2, 0.25) is 0 Å². The zero-order chi connectivity index (χ0) is 41.4. The van der Waals surface area contributed by atoms with Crippen LogP contribution >= 0.6 is 0 Å². The van der Waals surface area contributed by atoms with Gasteiger partial charge in [0.25, 0.3) is 0 Å². The van der Waals surface area contributed by atoms with Crippen LogP contribution in [0.5, 0.6) is 0 Å². The molecule has 368 valence electrons. The van der Waals surface area contributed by atoms with Crippen LogP contribution in [0.25, 0.3) is 85.1 Å². The van der Waals surface area contributed by atoms with Gasteiger partial charge in [-0.3, -0.25) is 25.8 Å². The van der Waals surface area contributed by atoms with E-state index in [1.54, 1.807) is 0 Å². The van der Waals surface area contributed by atoms with E-state index in [2.05, 4.69) is 85.1 Å². The summed E-state index contributed by atoms with van der Waals surface area (Å²) in [6.45, 7) is 9.93. The van der Waals surface area contributed by atoms with Crippen LogP contribution in [0.15, 0.2) is 24.0 Å². The van der Waals surface area contributed by atoms with Crippen molar-refractivity contribution in [2.24, 2.45) is 0 Å². The van der Waals surface area contributed by atoms with Crippen LogP contribution in [0, 0.1) is 0 Å². The topological polar surface area (TPSA) is 226 Å². The molecule has 0 radical (unpaired) electrons. The maximum absolute atomic E-state index is 4.48.